The number of hydrogen-bond acceptors (Lipinski definition) is 0. The van der Waals surface area contributed by atoms with Gasteiger partial charge in [0.1, 0.15) is 0 Å². The topological polar surface area (TPSA) is 0 Å². The van der Waals surface area contributed by atoms with Gasteiger partial charge in [-0.2, -0.15) is 0 Å². The zero-order valence-electron chi connectivity index (χ0n) is 5.44. The van der Waals surface area contributed by atoms with Crippen LogP contribution in [0.15, 0.2) is 12.2 Å². The van der Waals surface area contributed by atoms with Gasteiger partial charge in [0.05, 0.1) is 0 Å². The molecular formula is C6H14Si. The second-order valence-electron chi connectivity index (χ2n) is 2.20. The Balaban J connectivity index is 2.97. The van der Waals surface area contributed by atoms with Gasteiger partial charge in [0, 0.05) is 8.80 Å². The van der Waals surface area contributed by atoms with Crippen LogP contribution in [0.25, 0.3) is 0 Å². The van der Waals surface area contributed by atoms with Crippen molar-refractivity contribution in [3.05, 3.63) is 12.2 Å². The van der Waals surface area contributed by atoms with Gasteiger partial charge in [0.25, 0.3) is 0 Å². The smallest absolute Gasteiger partial charge is 0.0344 e. The summed E-state index contributed by atoms with van der Waals surface area (Å²) in [4.78, 5) is 0. The molecule has 0 aromatic carbocycles. The van der Waals surface area contributed by atoms with Crippen LogP contribution in [0.5, 0.6) is 0 Å². The van der Waals surface area contributed by atoms with Crippen LogP contribution < -0.4 is 0 Å². The van der Waals surface area contributed by atoms with E-state index in [2.05, 4.69) is 32.2 Å². The second-order valence-corrected chi connectivity index (χ2v) is 5.46. The SMILES string of the molecule is C/C=C/C[SiH](C)C. The molecule has 7 heavy (non-hydrogen) atoms. The summed E-state index contributed by atoms with van der Waals surface area (Å²) in [7, 11) is -0.275. The molecule has 0 bridgehead atoms. The molecule has 0 aliphatic carbocycles. The number of hydrogen-bond donors (Lipinski definition) is 0. The Labute approximate surface area is 47.9 Å². The van der Waals surface area contributed by atoms with Gasteiger partial charge in [0.15, 0.2) is 0 Å². The molecule has 0 spiro atoms. The predicted molar refractivity (Wildman–Crippen MR) is 38.5 cm³/mol. The summed E-state index contributed by atoms with van der Waals surface area (Å²) in [6.07, 6.45) is 4.39. The minimum Gasteiger partial charge on any atom is -0.0920 e. The van der Waals surface area contributed by atoms with Crippen LogP contribution in [0, 0.1) is 0 Å². The molecule has 42 valence electrons. The first-order chi connectivity index (χ1) is 3.27. The Bertz CT molecular complexity index is 55.2. The standard InChI is InChI=1S/C6H14Si/c1-4-5-6-7(2)3/h4-5,7H,6H2,1-3H3/b5-4+. The maximum atomic E-state index is 2.36. The van der Waals surface area contributed by atoms with Gasteiger partial charge in [-0.3, -0.25) is 0 Å². The minimum absolute atomic E-state index is 0.275. The molecule has 0 rings (SSSR count). The van der Waals surface area contributed by atoms with Gasteiger partial charge in [-0.25, -0.2) is 0 Å². The highest BCUT2D eigenvalue weighted by molar-refractivity contribution is 6.56. The molecule has 0 saturated carbocycles. The van der Waals surface area contributed by atoms with Crippen molar-refractivity contribution in [1.29, 1.82) is 0 Å². The fourth-order valence-electron chi connectivity index (χ4n) is 0.408. The molecule has 0 aliphatic rings. The normalized spacial score (nSPS) is 11.4. The quantitative estimate of drug-likeness (QED) is 0.381. The summed E-state index contributed by atoms with van der Waals surface area (Å²) in [6.45, 7) is 6.80. The Morgan fingerprint density at radius 1 is 1.43 bits per heavy atom. The van der Waals surface area contributed by atoms with Crippen LogP contribution in [0.1, 0.15) is 6.92 Å². The molecule has 0 heterocycles. The van der Waals surface area contributed by atoms with Gasteiger partial charge in [-0.1, -0.05) is 25.2 Å². The Hall–Kier alpha value is -0.0431. The summed E-state index contributed by atoms with van der Waals surface area (Å²) in [6, 6.07) is 1.36. The van der Waals surface area contributed by atoms with E-state index in [0.29, 0.717) is 0 Å². The molecule has 0 amide bonds. The zero-order chi connectivity index (χ0) is 5.70. The summed E-state index contributed by atoms with van der Waals surface area (Å²) in [5, 5.41) is 0. The molecular weight excluding hydrogens is 100 g/mol. The average Bonchev–Trinajstić information content (AvgIpc) is 1.61. The summed E-state index contributed by atoms with van der Waals surface area (Å²) in [5.41, 5.74) is 0. The van der Waals surface area contributed by atoms with Crippen LogP contribution in [-0.2, 0) is 0 Å². The molecule has 0 nitrogen and oxygen atoms in total. The van der Waals surface area contributed by atoms with E-state index in [9.17, 15) is 0 Å². The maximum Gasteiger partial charge on any atom is 0.0344 e. The van der Waals surface area contributed by atoms with E-state index in [1.165, 1.54) is 6.04 Å². The van der Waals surface area contributed by atoms with Gasteiger partial charge >= 0.3 is 0 Å². The fraction of sp³-hybridized carbons (Fsp3) is 0.667. The molecule has 0 atom stereocenters. The van der Waals surface area contributed by atoms with Crippen LogP contribution in [0.4, 0.5) is 0 Å². The second kappa shape index (κ2) is 4.12. The van der Waals surface area contributed by atoms with E-state index in [1.54, 1.807) is 0 Å². The molecule has 0 fully saturated rings. The highest BCUT2D eigenvalue weighted by atomic mass is 28.3. The number of allylic oxidation sites excluding steroid dienone is 2. The lowest BCUT2D eigenvalue weighted by Gasteiger charge is -1.91. The fourth-order valence-corrected chi connectivity index (χ4v) is 1.22. The minimum atomic E-state index is -0.275. The van der Waals surface area contributed by atoms with Crippen molar-refractivity contribution in [2.45, 2.75) is 26.1 Å². The van der Waals surface area contributed by atoms with Crippen LogP contribution in [0.3, 0.4) is 0 Å². The molecule has 0 aromatic rings. The van der Waals surface area contributed by atoms with Crippen LogP contribution in [-0.4, -0.2) is 8.80 Å². The molecule has 0 aromatic heterocycles. The predicted octanol–water partition coefficient (Wildman–Crippen LogP) is 2.05. The van der Waals surface area contributed by atoms with Crippen molar-refractivity contribution in [3.8, 4) is 0 Å². The van der Waals surface area contributed by atoms with Crippen molar-refractivity contribution >= 4 is 8.80 Å². The van der Waals surface area contributed by atoms with E-state index in [0.717, 1.165) is 0 Å². The average molecular weight is 114 g/mol. The molecule has 0 radical (unpaired) electrons. The van der Waals surface area contributed by atoms with E-state index in [-0.39, 0.29) is 8.80 Å². The first-order valence-corrected chi connectivity index (χ1v) is 6.01. The summed E-state index contributed by atoms with van der Waals surface area (Å²) < 4.78 is 0. The van der Waals surface area contributed by atoms with Crippen molar-refractivity contribution in [2.24, 2.45) is 0 Å². The van der Waals surface area contributed by atoms with E-state index in [4.69, 9.17) is 0 Å². The zero-order valence-corrected chi connectivity index (χ0v) is 6.59. The van der Waals surface area contributed by atoms with Crippen molar-refractivity contribution in [1.82, 2.24) is 0 Å². The lowest BCUT2D eigenvalue weighted by atomic mass is 10.6. The Morgan fingerprint density at radius 2 is 2.00 bits per heavy atom. The third-order valence-electron chi connectivity index (χ3n) is 0.843. The highest BCUT2D eigenvalue weighted by Gasteiger charge is 1.86. The van der Waals surface area contributed by atoms with Crippen LogP contribution >= 0.6 is 0 Å². The van der Waals surface area contributed by atoms with Crippen molar-refractivity contribution < 1.29 is 0 Å². The lowest BCUT2D eigenvalue weighted by Crippen LogP contribution is -1.94. The van der Waals surface area contributed by atoms with Gasteiger partial charge in [-0.05, 0) is 13.0 Å². The Kier molecular flexibility index (Phi) is 4.10. The summed E-state index contributed by atoms with van der Waals surface area (Å²) >= 11 is 0. The molecule has 0 unspecified atom stereocenters. The first-order valence-electron chi connectivity index (χ1n) is 2.88. The van der Waals surface area contributed by atoms with E-state index in [1.807, 2.05) is 0 Å². The first kappa shape index (κ1) is 6.96. The lowest BCUT2D eigenvalue weighted by molar-refractivity contribution is 1.56. The van der Waals surface area contributed by atoms with E-state index >= 15 is 0 Å². The van der Waals surface area contributed by atoms with Gasteiger partial charge in [-0.15, -0.1) is 0 Å². The largest absolute Gasteiger partial charge is 0.0920 e. The molecule has 0 saturated heterocycles. The number of rotatable bonds is 2. The van der Waals surface area contributed by atoms with Crippen LogP contribution in [0.2, 0.25) is 19.1 Å². The molecule has 0 N–H and O–H groups in total. The van der Waals surface area contributed by atoms with Crippen molar-refractivity contribution in [2.75, 3.05) is 0 Å². The highest BCUT2D eigenvalue weighted by Crippen LogP contribution is 1.90. The molecule has 1 heteroatoms. The van der Waals surface area contributed by atoms with Gasteiger partial charge < -0.3 is 0 Å². The van der Waals surface area contributed by atoms with Gasteiger partial charge in [0.2, 0.25) is 0 Å². The van der Waals surface area contributed by atoms with Crippen molar-refractivity contribution in [3.63, 3.8) is 0 Å². The monoisotopic (exact) mass is 114 g/mol. The maximum absolute atomic E-state index is 2.36. The summed E-state index contributed by atoms with van der Waals surface area (Å²) in [5.74, 6) is 0. The third-order valence-corrected chi connectivity index (χ3v) is 2.06. The Morgan fingerprint density at radius 3 is 2.14 bits per heavy atom. The molecule has 0 aliphatic heterocycles. The third kappa shape index (κ3) is 5.96. The van der Waals surface area contributed by atoms with E-state index < -0.39 is 0 Å².